The molecule has 0 saturated carbocycles. The van der Waals surface area contributed by atoms with Gasteiger partial charge in [-0.15, -0.1) is 0 Å². The maximum absolute atomic E-state index is 12.8. The van der Waals surface area contributed by atoms with Crippen LogP contribution in [0, 0.1) is 0 Å². The summed E-state index contributed by atoms with van der Waals surface area (Å²) in [5, 5.41) is 3.05. The van der Waals surface area contributed by atoms with Gasteiger partial charge in [0.25, 0.3) is 8.32 Å². The Balaban J connectivity index is 2.24. The molecule has 9 heteroatoms. The first kappa shape index (κ1) is 32.2. The van der Waals surface area contributed by atoms with E-state index >= 15 is 0 Å². The molecule has 0 radical (unpaired) electrons. The number of carbonyl (C=O) groups is 1. The molecule has 1 unspecified atom stereocenters. The van der Waals surface area contributed by atoms with Gasteiger partial charge in [-0.05, 0) is 86.6 Å². The summed E-state index contributed by atoms with van der Waals surface area (Å²) in [7, 11) is 4.30. The molecular formula is C32H47NO7Si. The topological polar surface area (TPSA) is 84.5 Å². The maximum atomic E-state index is 12.8. The van der Waals surface area contributed by atoms with Crippen LogP contribution in [0.3, 0.4) is 0 Å². The van der Waals surface area contributed by atoms with Gasteiger partial charge in [-0.1, -0.05) is 32.9 Å². The van der Waals surface area contributed by atoms with Crippen LogP contribution in [0.25, 0.3) is 5.57 Å². The second kappa shape index (κ2) is 12.3. The minimum absolute atomic E-state index is 0.00190. The van der Waals surface area contributed by atoms with Crippen molar-refractivity contribution in [1.29, 1.82) is 0 Å². The van der Waals surface area contributed by atoms with E-state index in [1.807, 2.05) is 45.0 Å². The Morgan fingerprint density at radius 3 is 2.02 bits per heavy atom. The predicted molar refractivity (Wildman–Crippen MR) is 165 cm³/mol. The average molecular weight is 586 g/mol. The van der Waals surface area contributed by atoms with Crippen molar-refractivity contribution in [2.75, 3.05) is 28.4 Å². The van der Waals surface area contributed by atoms with Gasteiger partial charge in [0.05, 0.1) is 34.5 Å². The van der Waals surface area contributed by atoms with Crippen LogP contribution in [0.5, 0.6) is 28.7 Å². The third-order valence-corrected chi connectivity index (χ3v) is 12.0. The molecule has 8 nitrogen and oxygen atoms in total. The van der Waals surface area contributed by atoms with Gasteiger partial charge in [-0.3, -0.25) is 0 Å². The highest BCUT2D eigenvalue weighted by atomic mass is 28.4. The van der Waals surface area contributed by atoms with Gasteiger partial charge < -0.3 is 33.4 Å². The third-order valence-electron chi connectivity index (χ3n) is 7.64. The van der Waals surface area contributed by atoms with Crippen LogP contribution in [-0.4, -0.2) is 54.5 Å². The number of carbonyl (C=O) groups excluding carboxylic acids is 1. The van der Waals surface area contributed by atoms with E-state index in [0.717, 1.165) is 22.3 Å². The highest BCUT2D eigenvalue weighted by molar-refractivity contribution is 6.74. The van der Waals surface area contributed by atoms with Crippen molar-refractivity contribution in [3.8, 4) is 28.7 Å². The van der Waals surface area contributed by atoms with Gasteiger partial charge >= 0.3 is 6.09 Å². The Morgan fingerprint density at radius 1 is 0.854 bits per heavy atom. The van der Waals surface area contributed by atoms with E-state index in [-0.39, 0.29) is 11.1 Å². The third kappa shape index (κ3) is 7.31. The number of alkyl carbamates (subject to hydrolysis) is 1. The van der Waals surface area contributed by atoms with Crippen LogP contribution in [0.1, 0.15) is 64.7 Å². The summed E-state index contributed by atoms with van der Waals surface area (Å²) >= 11 is 0. The van der Waals surface area contributed by atoms with Gasteiger partial charge in [-0.25, -0.2) is 4.79 Å². The zero-order valence-corrected chi connectivity index (χ0v) is 27.7. The number of nitrogens with one attached hydrogen (secondary N) is 1. The molecule has 0 heterocycles. The summed E-state index contributed by atoms with van der Waals surface area (Å²) in [4.78, 5) is 12.8. The first-order valence-corrected chi connectivity index (χ1v) is 16.9. The highest BCUT2D eigenvalue weighted by Crippen LogP contribution is 2.48. The van der Waals surface area contributed by atoms with Crippen molar-refractivity contribution in [3.63, 3.8) is 0 Å². The van der Waals surface area contributed by atoms with Gasteiger partial charge in [0.2, 0.25) is 5.75 Å². The van der Waals surface area contributed by atoms with E-state index in [0.29, 0.717) is 41.6 Å². The fourth-order valence-corrected chi connectivity index (χ4v) is 5.57. The van der Waals surface area contributed by atoms with Crippen LogP contribution in [0.15, 0.2) is 30.3 Å². The minimum atomic E-state index is -2.18. The molecule has 0 saturated heterocycles. The number of fused-ring (bicyclic) bond motifs is 1. The van der Waals surface area contributed by atoms with Gasteiger partial charge in [0.15, 0.2) is 17.2 Å². The average Bonchev–Trinajstić information content (AvgIpc) is 3.04. The van der Waals surface area contributed by atoms with Crippen molar-refractivity contribution in [1.82, 2.24) is 5.32 Å². The Morgan fingerprint density at radius 2 is 1.49 bits per heavy atom. The van der Waals surface area contributed by atoms with Crippen molar-refractivity contribution in [2.45, 2.75) is 84.2 Å². The Kier molecular flexibility index (Phi) is 9.63. The van der Waals surface area contributed by atoms with Crippen molar-refractivity contribution < 1.29 is 32.9 Å². The molecule has 41 heavy (non-hydrogen) atoms. The molecule has 1 N–H and O–H groups in total. The molecule has 1 amide bonds. The second-order valence-electron chi connectivity index (χ2n) is 12.8. The smallest absolute Gasteiger partial charge is 0.408 e. The number of rotatable bonds is 8. The summed E-state index contributed by atoms with van der Waals surface area (Å²) in [5.41, 5.74) is 3.10. The van der Waals surface area contributed by atoms with Crippen molar-refractivity contribution in [2.24, 2.45) is 0 Å². The Bertz CT molecular complexity index is 1290. The van der Waals surface area contributed by atoms with Gasteiger partial charge in [0.1, 0.15) is 11.4 Å². The zero-order chi connectivity index (χ0) is 30.8. The second-order valence-corrected chi connectivity index (χ2v) is 17.5. The molecule has 1 aliphatic carbocycles. The Hall–Kier alpha value is -3.33. The van der Waals surface area contributed by atoms with E-state index in [4.69, 9.17) is 28.1 Å². The number of methoxy groups -OCH3 is 4. The highest BCUT2D eigenvalue weighted by Gasteiger charge is 2.39. The minimum Gasteiger partial charge on any atom is -0.541 e. The lowest BCUT2D eigenvalue weighted by atomic mass is 9.92. The number of benzene rings is 2. The van der Waals surface area contributed by atoms with E-state index in [1.165, 1.54) is 0 Å². The molecule has 2 aromatic rings. The largest absolute Gasteiger partial charge is 0.541 e. The molecule has 0 aromatic heterocycles. The first-order chi connectivity index (χ1) is 19.0. The number of amides is 1. The van der Waals surface area contributed by atoms with Gasteiger partial charge in [-0.2, -0.15) is 0 Å². The van der Waals surface area contributed by atoms with E-state index in [2.05, 4.69) is 45.3 Å². The molecular weight excluding hydrogens is 538 g/mol. The van der Waals surface area contributed by atoms with Gasteiger partial charge in [0, 0.05) is 5.56 Å². The molecule has 226 valence electrons. The normalized spacial score (nSPS) is 15.6. The van der Waals surface area contributed by atoms with E-state index < -0.39 is 20.0 Å². The maximum Gasteiger partial charge on any atom is 0.408 e. The zero-order valence-electron chi connectivity index (χ0n) is 26.7. The van der Waals surface area contributed by atoms with E-state index in [1.54, 1.807) is 28.4 Å². The predicted octanol–water partition coefficient (Wildman–Crippen LogP) is 7.38. The first-order valence-electron chi connectivity index (χ1n) is 14.0. The van der Waals surface area contributed by atoms with Crippen LogP contribution in [-0.2, 0) is 11.2 Å². The molecule has 1 aliphatic rings. The fraction of sp³-hybridized carbons (Fsp3) is 0.531. The molecule has 3 rings (SSSR count). The molecule has 1 atom stereocenters. The lowest BCUT2D eigenvalue weighted by molar-refractivity contribution is 0.0513. The molecule has 0 spiro atoms. The van der Waals surface area contributed by atoms with Crippen LogP contribution in [0.4, 0.5) is 4.79 Å². The summed E-state index contributed by atoms with van der Waals surface area (Å²) in [6.45, 7) is 16.6. The summed E-state index contributed by atoms with van der Waals surface area (Å²) in [6, 6.07) is 7.62. The SMILES string of the molecule is COc1ccc(C2=CC(NC(=O)OC(C)(C)C)CCc3c2cc(OC)c(OC)c3OC)cc1O[Si](C)(C)C(C)(C)C. The Labute approximate surface area is 246 Å². The number of hydrogen-bond donors (Lipinski definition) is 1. The molecule has 2 aromatic carbocycles. The summed E-state index contributed by atoms with van der Waals surface area (Å²) < 4.78 is 35.3. The van der Waals surface area contributed by atoms with E-state index in [9.17, 15) is 4.79 Å². The number of ether oxygens (including phenoxy) is 5. The van der Waals surface area contributed by atoms with Crippen LogP contribution >= 0.6 is 0 Å². The molecule has 0 aliphatic heterocycles. The van der Waals surface area contributed by atoms with Crippen molar-refractivity contribution >= 4 is 20.0 Å². The van der Waals surface area contributed by atoms with Crippen LogP contribution < -0.4 is 28.7 Å². The standard InChI is InChI=1S/C32H47NO7Si/c1-31(2,3)39-30(34)33-21-14-15-22-24(19-27(36-8)29(38-10)28(22)37-9)23(18-21)20-13-16-25(35-7)26(17-20)40-41(11,12)32(4,5)6/h13,16-19,21H,14-15H2,1-12H3,(H,33,34). The lowest BCUT2D eigenvalue weighted by Crippen LogP contribution is -2.43. The fourth-order valence-electron chi connectivity index (χ4n) is 4.55. The monoisotopic (exact) mass is 585 g/mol. The van der Waals surface area contributed by atoms with Crippen molar-refractivity contribution in [3.05, 3.63) is 47.0 Å². The lowest BCUT2D eigenvalue weighted by Gasteiger charge is -2.37. The summed E-state index contributed by atoms with van der Waals surface area (Å²) in [6.07, 6.45) is 2.86. The quantitative estimate of drug-likeness (QED) is 0.324. The number of hydrogen-bond acceptors (Lipinski definition) is 7. The summed E-state index contributed by atoms with van der Waals surface area (Å²) in [5.74, 6) is 3.05. The molecule has 0 bridgehead atoms. The molecule has 0 fully saturated rings. The van der Waals surface area contributed by atoms with Crippen LogP contribution in [0.2, 0.25) is 18.1 Å².